The molecule has 0 bridgehead atoms. The van der Waals surface area contributed by atoms with Crippen LogP contribution in [0.5, 0.6) is 5.75 Å². The third-order valence-electron chi connectivity index (χ3n) is 3.74. The second-order valence-corrected chi connectivity index (χ2v) is 5.21. The van der Waals surface area contributed by atoms with E-state index in [9.17, 15) is 14.7 Å². The van der Waals surface area contributed by atoms with E-state index in [1.54, 1.807) is 13.0 Å². The van der Waals surface area contributed by atoms with E-state index in [0.717, 1.165) is 0 Å². The van der Waals surface area contributed by atoms with Gasteiger partial charge in [0.1, 0.15) is 5.75 Å². The summed E-state index contributed by atoms with van der Waals surface area (Å²) in [4.78, 5) is 23.7. The van der Waals surface area contributed by atoms with E-state index in [1.807, 2.05) is 0 Å². The summed E-state index contributed by atoms with van der Waals surface area (Å²) in [5.41, 5.74) is 5.17. The van der Waals surface area contributed by atoms with Gasteiger partial charge in [0.25, 0.3) is 0 Å². The van der Waals surface area contributed by atoms with Crippen LogP contribution in [0.4, 0.5) is 5.69 Å². The Morgan fingerprint density at radius 2 is 2.24 bits per heavy atom. The second-order valence-electron chi connectivity index (χ2n) is 5.21. The Hall–Kier alpha value is -2.12. The summed E-state index contributed by atoms with van der Waals surface area (Å²) < 4.78 is 10.2. The van der Waals surface area contributed by atoms with Crippen molar-refractivity contribution in [2.75, 3.05) is 25.6 Å². The number of carboxylic acid groups (broad SMARTS) is 1. The van der Waals surface area contributed by atoms with E-state index in [2.05, 4.69) is 5.32 Å². The first-order chi connectivity index (χ1) is 9.88. The number of ether oxygens (including phenoxy) is 2. The Labute approximate surface area is 122 Å². The molecule has 1 saturated heterocycles. The van der Waals surface area contributed by atoms with E-state index in [1.165, 1.54) is 19.2 Å². The first-order valence-electron chi connectivity index (χ1n) is 6.44. The number of carbonyl (C=O) groups excluding carboxylic acids is 1. The molecule has 0 aliphatic carbocycles. The highest BCUT2D eigenvalue weighted by Crippen LogP contribution is 2.30. The van der Waals surface area contributed by atoms with Crippen molar-refractivity contribution in [2.24, 2.45) is 11.1 Å². The summed E-state index contributed by atoms with van der Waals surface area (Å²) >= 11 is 0. The van der Waals surface area contributed by atoms with Gasteiger partial charge in [-0.3, -0.25) is 4.79 Å². The number of benzene rings is 1. The predicted octanol–water partition coefficient (Wildman–Crippen LogP) is 0.696. The number of rotatable bonds is 4. The second kappa shape index (κ2) is 5.71. The highest BCUT2D eigenvalue weighted by Gasteiger charge is 2.44. The fourth-order valence-corrected chi connectivity index (χ4v) is 2.12. The van der Waals surface area contributed by atoms with Crippen LogP contribution in [0.25, 0.3) is 0 Å². The Kier molecular flexibility index (Phi) is 4.15. The Bertz CT molecular complexity index is 574. The van der Waals surface area contributed by atoms with Crippen LogP contribution in [0.3, 0.4) is 0 Å². The number of nitrogens with one attached hydrogen (secondary N) is 1. The van der Waals surface area contributed by atoms with Crippen LogP contribution in [0.15, 0.2) is 18.2 Å². The molecular formula is C14H18N2O5. The summed E-state index contributed by atoms with van der Waals surface area (Å²) in [6, 6.07) is 4.00. The number of methoxy groups -OCH3 is 1. The SMILES string of the molecule is COc1ccc(NC(=O)C2(C)COCC2N)c(C(=O)O)c1. The van der Waals surface area contributed by atoms with Crippen LogP contribution < -0.4 is 15.8 Å². The van der Waals surface area contributed by atoms with Crippen LogP contribution in [-0.2, 0) is 9.53 Å². The van der Waals surface area contributed by atoms with E-state index in [4.69, 9.17) is 15.2 Å². The molecule has 1 aromatic carbocycles. The van der Waals surface area contributed by atoms with E-state index in [0.29, 0.717) is 12.4 Å². The average molecular weight is 294 g/mol. The third kappa shape index (κ3) is 2.84. The van der Waals surface area contributed by atoms with Gasteiger partial charge >= 0.3 is 5.97 Å². The molecule has 114 valence electrons. The van der Waals surface area contributed by atoms with Gasteiger partial charge in [0.05, 0.1) is 37.0 Å². The highest BCUT2D eigenvalue weighted by molar-refractivity contribution is 6.03. The van der Waals surface area contributed by atoms with Gasteiger partial charge in [0, 0.05) is 6.04 Å². The van der Waals surface area contributed by atoms with Crippen LogP contribution in [0.1, 0.15) is 17.3 Å². The van der Waals surface area contributed by atoms with Gasteiger partial charge in [0.2, 0.25) is 5.91 Å². The molecule has 0 saturated carbocycles. The van der Waals surface area contributed by atoms with Crippen molar-refractivity contribution in [3.63, 3.8) is 0 Å². The Morgan fingerprint density at radius 1 is 1.52 bits per heavy atom. The predicted molar refractivity (Wildman–Crippen MR) is 75.5 cm³/mol. The van der Waals surface area contributed by atoms with Crippen LogP contribution in [0, 0.1) is 5.41 Å². The third-order valence-corrected chi connectivity index (χ3v) is 3.74. The van der Waals surface area contributed by atoms with E-state index < -0.39 is 17.4 Å². The molecule has 7 nitrogen and oxygen atoms in total. The summed E-state index contributed by atoms with van der Waals surface area (Å²) in [7, 11) is 1.44. The van der Waals surface area contributed by atoms with Gasteiger partial charge in [-0.2, -0.15) is 0 Å². The first-order valence-corrected chi connectivity index (χ1v) is 6.44. The quantitative estimate of drug-likeness (QED) is 0.753. The van der Waals surface area contributed by atoms with Gasteiger partial charge in [-0.15, -0.1) is 0 Å². The van der Waals surface area contributed by atoms with Crippen molar-refractivity contribution in [1.29, 1.82) is 0 Å². The topological polar surface area (TPSA) is 111 Å². The Balaban J connectivity index is 2.27. The fourth-order valence-electron chi connectivity index (χ4n) is 2.12. The standard InChI is InChI=1S/C14H18N2O5/c1-14(7-21-6-11(14)15)13(19)16-10-4-3-8(20-2)5-9(10)12(17)18/h3-5,11H,6-7,15H2,1-2H3,(H,16,19)(H,17,18). The molecule has 4 N–H and O–H groups in total. The molecular weight excluding hydrogens is 276 g/mol. The molecule has 21 heavy (non-hydrogen) atoms. The van der Waals surface area contributed by atoms with Crippen molar-refractivity contribution in [3.8, 4) is 5.75 Å². The molecule has 0 spiro atoms. The van der Waals surface area contributed by atoms with Crippen LogP contribution in [-0.4, -0.2) is 43.3 Å². The minimum Gasteiger partial charge on any atom is -0.497 e. The maximum absolute atomic E-state index is 12.4. The largest absolute Gasteiger partial charge is 0.497 e. The van der Waals surface area contributed by atoms with Crippen LogP contribution >= 0.6 is 0 Å². The molecule has 1 aliphatic heterocycles. The molecule has 1 heterocycles. The van der Waals surface area contributed by atoms with Gasteiger partial charge in [-0.25, -0.2) is 4.79 Å². The molecule has 2 rings (SSSR count). The summed E-state index contributed by atoms with van der Waals surface area (Å²) in [6.07, 6.45) is 0. The number of anilines is 1. The zero-order chi connectivity index (χ0) is 15.6. The number of amides is 1. The minimum atomic E-state index is -1.15. The van der Waals surface area contributed by atoms with Crippen LogP contribution in [0.2, 0.25) is 0 Å². The molecule has 2 atom stereocenters. The lowest BCUT2D eigenvalue weighted by Crippen LogP contribution is -2.47. The lowest BCUT2D eigenvalue weighted by molar-refractivity contribution is -0.125. The molecule has 0 radical (unpaired) electrons. The molecule has 1 fully saturated rings. The van der Waals surface area contributed by atoms with E-state index in [-0.39, 0.29) is 23.8 Å². The first kappa shape index (κ1) is 15.3. The fraction of sp³-hybridized carbons (Fsp3) is 0.429. The van der Waals surface area contributed by atoms with Gasteiger partial charge in [0.15, 0.2) is 0 Å². The Morgan fingerprint density at radius 3 is 2.76 bits per heavy atom. The number of aromatic carboxylic acids is 1. The molecule has 7 heteroatoms. The molecule has 2 unspecified atom stereocenters. The van der Waals surface area contributed by atoms with Crippen molar-refractivity contribution in [3.05, 3.63) is 23.8 Å². The smallest absolute Gasteiger partial charge is 0.337 e. The number of hydrogen-bond donors (Lipinski definition) is 3. The van der Waals surface area contributed by atoms with E-state index >= 15 is 0 Å². The molecule has 0 aromatic heterocycles. The number of carbonyl (C=O) groups is 2. The lowest BCUT2D eigenvalue weighted by Gasteiger charge is -2.25. The zero-order valence-corrected chi connectivity index (χ0v) is 11.9. The maximum Gasteiger partial charge on any atom is 0.337 e. The number of nitrogens with two attached hydrogens (primary N) is 1. The van der Waals surface area contributed by atoms with Crippen molar-refractivity contribution < 1.29 is 24.2 Å². The number of hydrogen-bond acceptors (Lipinski definition) is 5. The van der Waals surface area contributed by atoms with Crippen molar-refractivity contribution in [2.45, 2.75) is 13.0 Å². The normalized spacial score (nSPS) is 24.6. The average Bonchev–Trinajstić information content (AvgIpc) is 2.80. The molecule has 1 amide bonds. The van der Waals surface area contributed by atoms with Gasteiger partial charge in [-0.05, 0) is 25.1 Å². The maximum atomic E-state index is 12.4. The molecule has 1 aliphatic rings. The summed E-state index contributed by atoms with van der Waals surface area (Å²) in [6.45, 7) is 2.21. The molecule has 1 aromatic rings. The number of carboxylic acids is 1. The van der Waals surface area contributed by atoms with Crippen molar-refractivity contribution in [1.82, 2.24) is 0 Å². The summed E-state index contributed by atoms with van der Waals surface area (Å²) in [5, 5.41) is 11.8. The summed E-state index contributed by atoms with van der Waals surface area (Å²) in [5.74, 6) is -1.11. The zero-order valence-electron chi connectivity index (χ0n) is 11.9. The lowest BCUT2D eigenvalue weighted by atomic mass is 9.84. The monoisotopic (exact) mass is 294 g/mol. The minimum absolute atomic E-state index is 0.0428. The highest BCUT2D eigenvalue weighted by atomic mass is 16.5. The van der Waals surface area contributed by atoms with Gasteiger partial charge in [-0.1, -0.05) is 0 Å². The van der Waals surface area contributed by atoms with Gasteiger partial charge < -0.3 is 25.6 Å². The van der Waals surface area contributed by atoms with Crippen molar-refractivity contribution >= 4 is 17.6 Å².